The lowest BCUT2D eigenvalue weighted by Crippen LogP contribution is -2.35. The van der Waals surface area contributed by atoms with Crippen LogP contribution >= 0.6 is 11.6 Å². The van der Waals surface area contributed by atoms with Gasteiger partial charge in [0.05, 0.1) is 0 Å². The number of hydrogen-bond donors (Lipinski definition) is 1. The molecule has 1 aromatic rings. The first-order valence-electron chi connectivity index (χ1n) is 6.24. The number of hydrogen-bond acceptors (Lipinski definition) is 2. The fourth-order valence-corrected chi connectivity index (χ4v) is 1.47. The fourth-order valence-electron chi connectivity index (χ4n) is 1.41. The molecule has 0 aliphatic rings. The Hall–Kier alpha value is -1.06. The van der Waals surface area contributed by atoms with Gasteiger partial charge in [-0.2, -0.15) is 0 Å². The van der Waals surface area contributed by atoms with E-state index in [0.717, 1.165) is 11.1 Å². The molecular formula is C15H21ClFNO. The van der Waals surface area contributed by atoms with Crippen molar-refractivity contribution < 1.29 is 9.13 Å². The summed E-state index contributed by atoms with van der Waals surface area (Å²) in [5.74, 6) is 0.415. The Morgan fingerprint density at radius 2 is 2.11 bits per heavy atom. The second-order valence-corrected chi connectivity index (χ2v) is 5.82. The van der Waals surface area contributed by atoms with E-state index < -0.39 is 0 Å². The largest absolute Gasteiger partial charge is 0.489 e. The zero-order valence-electron chi connectivity index (χ0n) is 11.9. The van der Waals surface area contributed by atoms with Crippen LogP contribution in [0.1, 0.15) is 33.3 Å². The Labute approximate surface area is 119 Å². The van der Waals surface area contributed by atoms with E-state index in [4.69, 9.17) is 16.3 Å². The number of nitrogens with one attached hydrogen (secondary N) is 1. The number of benzene rings is 1. The summed E-state index contributed by atoms with van der Waals surface area (Å²) in [4.78, 5) is 0. The molecule has 0 atom stereocenters. The van der Waals surface area contributed by atoms with E-state index in [1.165, 1.54) is 17.7 Å². The molecule has 0 spiro atoms. The van der Waals surface area contributed by atoms with E-state index in [1.54, 1.807) is 6.07 Å². The standard InChI is InChI=1S/C15H21ClFNO/c1-11(8-16)10-19-14-6-5-13(17)7-12(14)9-18-15(2,3)4/h5-8,18H,9-10H2,1-4H3/b11-8-. The van der Waals surface area contributed by atoms with Crippen LogP contribution in [0.2, 0.25) is 0 Å². The van der Waals surface area contributed by atoms with Crippen molar-refractivity contribution in [2.45, 2.75) is 39.8 Å². The molecule has 0 bridgehead atoms. The van der Waals surface area contributed by atoms with Crippen molar-refractivity contribution in [2.24, 2.45) is 0 Å². The molecule has 1 aromatic carbocycles. The van der Waals surface area contributed by atoms with Gasteiger partial charge in [-0.25, -0.2) is 4.39 Å². The van der Waals surface area contributed by atoms with Gasteiger partial charge in [0.15, 0.2) is 0 Å². The quantitative estimate of drug-likeness (QED) is 0.874. The maximum absolute atomic E-state index is 13.3. The summed E-state index contributed by atoms with van der Waals surface area (Å²) >= 11 is 5.59. The first-order valence-corrected chi connectivity index (χ1v) is 6.67. The van der Waals surface area contributed by atoms with Crippen molar-refractivity contribution >= 4 is 11.6 Å². The highest BCUT2D eigenvalue weighted by molar-refractivity contribution is 6.25. The average Bonchev–Trinajstić information content (AvgIpc) is 2.33. The van der Waals surface area contributed by atoms with Crippen molar-refractivity contribution in [3.8, 4) is 5.75 Å². The minimum atomic E-state index is -0.261. The lowest BCUT2D eigenvalue weighted by atomic mass is 10.1. The van der Waals surface area contributed by atoms with Crippen molar-refractivity contribution in [2.75, 3.05) is 6.61 Å². The third-order valence-electron chi connectivity index (χ3n) is 2.47. The molecule has 1 rings (SSSR count). The lowest BCUT2D eigenvalue weighted by Gasteiger charge is -2.21. The number of rotatable bonds is 5. The molecule has 0 aliphatic heterocycles. The van der Waals surface area contributed by atoms with E-state index in [0.29, 0.717) is 18.9 Å². The lowest BCUT2D eigenvalue weighted by molar-refractivity contribution is 0.342. The Balaban J connectivity index is 2.79. The Morgan fingerprint density at radius 3 is 2.68 bits per heavy atom. The zero-order valence-corrected chi connectivity index (χ0v) is 12.6. The zero-order chi connectivity index (χ0) is 14.5. The number of halogens is 2. The van der Waals surface area contributed by atoms with Crippen molar-refractivity contribution in [3.63, 3.8) is 0 Å². The van der Waals surface area contributed by atoms with Crippen molar-refractivity contribution in [3.05, 3.63) is 40.7 Å². The summed E-state index contributed by atoms with van der Waals surface area (Å²) < 4.78 is 19.0. The second-order valence-electron chi connectivity index (χ2n) is 5.60. The van der Waals surface area contributed by atoms with E-state index in [-0.39, 0.29) is 11.4 Å². The highest BCUT2D eigenvalue weighted by atomic mass is 35.5. The predicted molar refractivity (Wildman–Crippen MR) is 78.1 cm³/mol. The van der Waals surface area contributed by atoms with Crippen LogP contribution < -0.4 is 10.1 Å². The molecule has 0 fully saturated rings. The molecule has 0 amide bonds. The van der Waals surface area contributed by atoms with Crippen molar-refractivity contribution in [1.82, 2.24) is 5.32 Å². The van der Waals surface area contributed by atoms with Gasteiger partial charge < -0.3 is 10.1 Å². The van der Waals surface area contributed by atoms with Gasteiger partial charge in [-0.05, 0) is 51.5 Å². The highest BCUT2D eigenvalue weighted by Crippen LogP contribution is 2.21. The summed E-state index contributed by atoms with van der Waals surface area (Å²) in [5, 5.41) is 3.32. The van der Waals surface area contributed by atoms with Crippen LogP contribution in [0.4, 0.5) is 4.39 Å². The molecule has 1 N–H and O–H groups in total. The monoisotopic (exact) mass is 285 g/mol. The van der Waals surface area contributed by atoms with E-state index in [1.807, 2.05) is 6.92 Å². The Morgan fingerprint density at radius 1 is 1.42 bits per heavy atom. The van der Waals surface area contributed by atoms with Gasteiger partial charge in [0.25, 0.3) is 0 Å². The van der Waals surface area contributed by atoms with E-state index in [2.05, 4.69) is 26.1 Å². The molecule has 0 saturated carbocycles. The molecule has 19 heavy (non-hydrogen) atoms. The second kappa shape index (κ2) is 6.92. The Bertz CT molecular complexity index is 452. The van der Waals surface area contributed by atoms with Gasteiger partial charge in [-0.15, -0.1) is 0 Å². The molecule has 0 unspecified atom stereocenters. The molecule has 4 heteroatoms. The fraction of sp³-hybridized carbons (Fsp3) is 0.467. The van der Waals surface area contributed by atoms with Crippen LogP contribution in [-0.4, -0.2) is 12.1 Å². The Kier molecular flexibility index (Phi) is 5.83. The van der Waals surface area contributed by atoms with Crippen LogP contribution in [-0.2, 0) is 6.54 Å². The van der Waals surface area contributed by atoms with Crippen molar-refractivity contribution in [1.29, 1.82) is 0 Å². The first kappa shape index (κ1) is 16.0. The van der Waals surface area contributed by atoms with Gasteiger partial charge in [0, 0.05) is 23.2 Å². The van der Waals surface area contributed by atoms with Gasteiger partial charge >= 0.3 is 0 Å². The SMILES string of the molecule is C/C(=C/Cl)COc1ccc(F)cc1CNC(C)(C)C. The minimum absolute atomic E-state index is 0.0322. The van der Waals surface area contributed by atoms with Gasteiger partial charge in [0.2, 0.25) is 0 Å². The summed E-state index contributed by atoms with van der Waals surface area (Å²) in [5.41, 5.74) is 3.17. The summed E-state index contributed by atoms with van der Waals surface area (Å²) in [6, 6.07) is 4.54. The third-order valence-corrected chi connectivity index (χ3v) is 2.85. The first-order chi connectivity index (χ1) is 8.81. The van der Waals surface area contributed by atoms with Gasteiger partial charge in [-0.1, -0.05) is 11.6 Å². The average molecular weight is 286 g/mol. The van der Waals surface area contributed by atoms with Crippen LogP contribution in [0.3, 0.4) is 0 Å². The molecule has 0 aliphatic carbocycles. The van der Waals surface area contributed by atoms with Gasteiger partial charge in [-0.3, -0.25) is 0 Å². The molecule has 0 aromatic heterocycles. The molecule has 0 saturated heterocycles. The van der Waals surface area contributed by atoms with E-state index in [9.17, 15) is 4.39 Å². The molecule has 2 nitrogen and oxygen atoms in total. The maximum atomic E-state index is 13.3. The summed E-state index contributed by atoms with van der Waals surface area (Å²) in [6.07, 6.45) is 0. The normalized spacial score (nSPS) is 12.6. The molecule has 0 radical (unpaired) electrons. The number of ether oxygens (including phenoxy) is 1. The minimum Gasteiger partial charge on any atom is -0.489 e. The van der Waals surface area contributed by atoms with Crippen LogP contribution in [0.25, 0.3) is 0 Å². The predicted octanol–water partition coefficient (Wildman–Crippen LogP) is 4.24. The maximum Gasteiger partial charge on any atom is 0.124 e. The smallest absolute Gasteiger partial charge is 0.124 e. The topological polar surface area (TPSA) is 21.3 Å². The summed E-state index contributed by atoms with van der Waals surface area (Å²) in [7, 11) is 0. The third kappa shape index (κ3) is 6.08. The van der Waals surface area contributed by atoms with Crippen LogP contribution in [0.15, 0.2) is 29.3 Å². The van der Waals surface area contributed by atoms with E-state index >= 15 is 0 Å². The van der Waals surface area contributed by atoms with Crippen LogP contribution in [0.5, 0.6) is 5.75 Å². The van der Waals surface area contributed by atoms with Gasteiger partial charge in [0.1, 0.15) is 18.2 Å². The molecule has 106 valence electrons. The summed E-state index contributed by atoms with van der Waals surface area (Å²) in [6.45, 7) is 9.02. The molecular weight excluding hydrogens is 265 g/mol. The highest BCUT2D eigenvalue weighted by Gasteiger charge is 2.12. The van der Waals surface area contributed by atoms with Crippen LogP contribution in [0, 0.1) is 5.82 Å². The molecule has 0 heterocycles.